The third-order valence-electron chi connectivity index (χ3n) is 6.63. The molecule has 0 bridgehead atoms. The minimum absolute atomic E-state index is 0.110. The van der Waals surface area contributed by atoms with Gasteiger partial charge in [-0.15, -0.1) is 0 Å². The van der Waals surface area contributed by atoms with Crippen molar-refractivity contribution in [2.24, 2.45) is 5.92 Å². The molecule has 2 aromatic heterocycles. The van der Waals surface area contributed by atoms with Crippen molar-refractivity contribution in [3.05, 3.63) is 66.4 Å². The molecule has 4 heterocycles. The molecule has 1 atom stereocenters. The quantitative estimate of drug-likeness (QED) is 0.645. The van der Waals surface area contributed by atoms with Crippen molar-refractivity contribution in [2.75, 3.05) is 44.2 Å². The molecule has 0 unspecified atom stereocenters. The highest BCUT2D eigenvalue weighted by molar-refractivity contribution is 5.94. The van der Waals surface area contributed by atoms with E-state index in [0.717, 1.165) is 24.1 Å². The van der Waals surface area contributed by atoms with E-state index in [-0.39, 0.29) is 23.5 Å². The molecule has 2 amide bonds. The lowest BCUT2D eigenvalue weighted by Crippen LogP contribution is -2.53. The van der Waals surface area contributed by atoms with Gasteiger partial charge >= 0.3 is 0 Å². The summed E-state index contributed by atoms with van der Waals surface area (Å²) in [5, 5.41) is 7.11. The second kappa shape index (κ2) is 9.62. The van der Waals surface area contributed by atoms with Gasteiger partial charge in [0.05, 0.1) is 11.6 Å². The number of aromatic amines is 1. The highest BCUT2D eigenvalue weighted by Crippen LogP contribution is 2.24. The first-order valence-corrected chi connectivity index (χ1v) is 11.6. The van der Waals surface area contributed by atoms with Gasteiger partial charge in [0.2, 0.25) is 5.91 Å². The molecule has 1 N–H and O–H groups in total. The summed E-state index contributed by atoms with van der Waals surface area (Å²) in [7, 11) is 0. The topological polar surface area (TPSA) is 85.4 Å². The average Bonchev–Trinajstić information content (AvgIpc) is 3.39. The Morgan fingerprint density at radius 3 is 2.41 bits per heavy atom. The number of nitrogens with one attached hydrogen (secondary N) is 1. The maximum absolute atomic E-state index is 13.2. The zero-order chi connectivity index (χ0) is 23.5. The highest BCUT2D eigenvalue weighted by Gasteiger charge is 2.33. The number of likely N-dealkylation sites (tertiary alicyclic amines) is 1. The number of hydrogen-bond donors (Lipinski definition) is 1. The molecule has 9 heteroatoms. The van der Waals surface area contributed by atoms with Crippen molar-refractivity contribution in [3.63, 3.8) is 0 Å². The van der Waals surface area contributed by atoms with Crippen LogP contribution in [0.15, 0.2) is 54.9 Å². The molecule has 2 aliphatic heterocycles. The lowest BCUT2D eigenvalue weighted by atomic mass is 9.96. The smallest absolute Gasteiger partial charge is 0.271 e. The summed E-state index contributed by atoms with van der Waals surface area (Å²) >= 11 is 0. The number of hydrogen-bond acceptors (Lipinski definition) is 5. The minimum atomic E-state index is -0.252. The van der Waals surface area contributed by atoms with Gasteiger partial charge in [-0.1, -0.05) is 0 Å². The van der Waals surface area contributed by atoms with Crippen LogP contribution in [0.3, 0.4) is 0 Å². The highest BCUT2D eigenvalue weighted by atomic mass is 19.1. The Morgan fingerprint density at radius 1 is 0.941 bits per heavy atom. The van der Waals surface area contributed by atoms with Crippen LogP contribution in [0.5, 0.6) is 0 Å². The average molecular weight is 463 g/mol. The largest absolute Gasteiger partial charge is 0.368 e. The van der Waals surface area contributed by atoms with Gasteiger partial charge in [0, 0.05) is 62.9 Å². The Hall–Kier alpha value is -3.75. The Balaban J connectivity index is 1.18. The lowest BCUT2D eigenvalue weighted by Gasteiger charge is -2.39. The molecule has 0 aliphatic carbocycles. The van der Waals surface area contributed by atoms with E-state index in [1.54, 1.807) is 35.5 Å². The van der Waals surface area contributed by atoms with E-state index in [0.29, 0.717) is 50.7 Å². The van der Waals surface area contributed by atoms with Crippen LogP contribution in [0, 0.1) is 11.7 Å². The number of anilines is 1. The Bertz CT molecular complexity index is 1140. The van der Waals surface area contributed by atoms with Crippen LogP contribution in [-0.2, 0) is 4.79 Å². The van der Waals surface area contributed by atoms with Crippen LogP contribution in [0.1, 0.15) is 23.3 Å². The van der Waals surface area contributed by atoms with Gasteiger partial charge in [0.25, 0.3) is 5.91 Å². The van der Waals surface area contributed by atoms with Gasteiger partial charge < -0.3 is 14.7 Å². The van der Waals surface area contributed by atoms with Crippen LogP contribution in [0.4, 0.5) is 10.1 Å². The van der Waals surface area contributed by atoms with Crippen LogP contribution in [-0.4, -0.2) is 76.1 Å². The predicted octanol–water partition coefficient (Wildman–Crippen LogP) is 2.81. The molecule has 2 aliphatic rings. The van der Waals surface area contributed by atoms with Gasteiger partial charge in [0.15, 0.2) is 0 Å². The minimum Gasteiger partial charge on any atom is -0.368 e. The van der Waals surface area contributed by atoms with Crippen molar-refractivity contribution in [1.29, 1.82) is 0 Å². The van der Waals surface area contributed by atoms with E-state index < -0.39 is 0 Å². The number of pyridine rings is 1. The maximum atomic E-state index is 13.2. The second-order valence-electron chi connectivity index (χ2n) is 8.78. The number of halogens is 1. The molecule has 34 heavy (non-hydrogen) atoms. The predicted molar refractivity (Wildman–Crippen MR) is 126 cm³/mol. The summed E-state index contributed by atoms with van der Waals surface area (Å²) in [6.45, 7) is 3.70. The van der Waals surface area contributed by atoms with Gasteiger partial charge in [-0.05, 0) is 55.3 Å². The van der Waals surface area contributed by atoms with Crippen LogP contribution < -0.4 is 4.90 Å². The number of carbonyl (C=O) groups excluding carboxylic acids is 2. The fourth-order valence-corrected chi connectivity index (χ4v) is 4.73. The van der Waals surface area contributed by atoms with Crippen LogP contribution in [0.2, 0.25) is 0 Å². The van der Waals surface area contributed by atoms with E-state index in [1.807, 2.05) is 17.0 Å². The molecule has 5 rings (SSSR count). The molecule has 8 nitrogen and oxygen atoms in total. The number of piperidine rings is 1. The summed E-state index contributed by atoms with van der Waals surface area (Å²) in [5.74, 6) is -0.472. The molecule has 1 aromatic carbocycles. The molecule has 0 saturated carbocycles. The Kier molecular flexibility index (Phi) is 6.24. The van der Waals surface area contributed by atoms with Gasteiger partial charge in [-0.2, -0.15) is 5.10 Å². The third kappa shape index (κ3) is 4.64. The number of piperazine rings is 1. The molecule has 2 saturated heterocycles. The second-order valence-corrected chi connectivity index (χ2v) is 8.78. The number of aromatic nitrogens is 3. The lowest BCUT2D eigenvalue weighted by molar-refractivity contribution is -0.137. The van der Waals surface area contributed by atoms with Crippen LogP contribution >= 0.6 is 0 Å². The van der Waals surface area contributed by atoms with Crippen molar-refractivity contribution in [3.8, 4) is 11.3 Å². The SMILES string of the molecule is O=C(c1cc(-c2ccncc2)n[nH]1)N1CCC[C@H](C(=O)N2CCN(c3ccc(F)cc3)CC2)C1. The molecule has 2 fully saturated rings. The fourth-order valence-electron chi connectivity index (χ4n) is 4.73. The zero-order valence-electron chi connectivity index (χ0n) is 18.9. The summed E-state index contributed by atoms with van der Waals surface area (Å²) in [6.07, 6.45) is 4.95. The molecular weight excluding hydrogens is 435 g/mol. The molecule has 0 radical (unpaired) electrons. The van der Waals surface area contributed by atoms with Gasteiger partial charge in [0.1, 0.15) is 11.5 Å². The molecule has 3 aromatic rings. The molecule has 0 spiro atoms. The zero-order valence-corrected chi connectivity index (χ0v) is 18.9. The summed E-state index contributed by atoms with van der Waals surface area (Å²) < 4.78 is 13.2. The number of amides is 2. The van der Waals surface area contributed by atoms with E-state index in [4.69, 9.17) is 0 Å². The van der Waals surface area contributed by atoms with Crippen molar-refractivity contribution < 1.29 is 14.0 Å². The van der Waals surface area contributed by atoms with Crippen molar-refractivity contribution in [2.45, 2.75) is 12.8 Å². The van der Waals surface area contributed by atoms with E-state index in [9.17, 15) is 14.0 Å². The first-order valence-electron chi connectivity index (χ1n) is 11.6. The Morgan fingerprint density at radius 2 is 1.68 bits per heavy atom. The van der Waals surface area contributed by atoms with E-state index >= 15 is 0 Å². The van der Waals surface area contributed by atoms with E-state index in [2.05, 4.69) is 20.1 Å². The summed E-state index contributed by atoms with van der Waals surface area (Å²) in [6, 6.07) is 11.9. The summed E-state index contributed by atoms with van der Waals surface area (Å²) in [4.78, 5) is 36.2. The monoisotopic (exact) mass is 462 g/mol. The van der Waals surface area contributed by atoms with Crippen LogP contribution in [0.25, 0.3) is 11.3 Å². The van der Waals surface area contributed by atoms with Gasteiger partial charge in [-0.25, -0.2) is 4.39 Å². The van der Waals surface area contributed by atoms with Crippen molar-refractivity contribution >= 4 is 17.5 Å². The Labute approximate surface area is 197 Å². The number of benzene rings is 1. The molecular formula is C25H27FN6O2. The number of rotatable bonds is 4. The van der Waals surface area contributed by atoms with Gasteiger partial charge in [-0.3, -0.25) is 19.7 Å². The molecule has 176 valence electrons. The van der Waals surface area contributed by atoms with Crippen molar-refractivity contribution in [1.82, 2.24) is 25.0 Å². The normalized spacial score (nSPS) is 18.7. The van der Waals surface area contributed by atoms with E-state index in [1.165, 1.54) is 12.1 Å². The third-order valence-corrected chi connectivity index (χ3v) is 6.63. The fraction of sp³-hybridized carbons (Fsp3) is 0.360. The first-order chi connectivity index (χ1) is 16.6. The number of carbonyl (C=O) groups is 2. The number of nitrogens with zero attached hydrogens (tertiary/aromatic N) is 5. The standard InChI is InChI=1S/C25H27FN6O2/c26-20-3-5-21(6-4-20)30-12-14-31(15-13-30)24(33)19-2-1-11-32(17-19)25(34)23-16-22(28-29-23)18-7-9-27-10-8-18/h3-10,16,19H,1-2,11-15,17H2,(H,28,29)/t19-/m0/s1. The summed E-state index contributed by atoms with van der Waals surface area (Å²) in [5.41, 5.74) is 2.97. The number of H-pyrrole nitrogens is 1. The maximum Gasteiger partial charge on any atom is 0.271 e. The first kappa shape index (κ1) is 22.1.